The van der Waals surface area contributed by atoms with Crippen molar-refractivity contribution in [3.8, 4) is 22.9 Å². The summed E-state index contributed by atoms with van der Waals surface area (Å²) in [7, 11) is 1.38. The van der Waals surface area contributed by atoms with Gasteiger partial charge in [-0.05, 0) is 12.1 Å². The second-order valence-corrected chi connectivity index (χ2v) is 6.53. The SMILES string of the molecule is COc1cccc(-c2cccc(NC(=O)C3C=NC=C4NCCN43)c2C#N)c1F. The van der Waals surface area contributed by atoms with Gasteiger partial charge in [0.15, 0.2) is 11.6 Å². The minimum atomic E-state index is -0.589. The highest BCUT2D eigenvalue weighted by molar-refractivity contribution is 6.07. The van der Waals surface area contributed by atoms with Gasteiger partial charge in [0.05, 0.1) is 24.6 Å². The number of nitriles is 1. The predicted molar refractivity (Wildman–Crippen MR) is 107 cm³/mol. The van der Waals surface area contributed by atoms with Gasteiger partial charge in [0, 0.05) is 30.4 Å². The largest absolute Gasteiger partial charge is 0.494 e. The van der Waals surface area contributed by atoms with Gasteiger partial charge >= 0.3 is 0 Å². The summed E-state index contributed by atoms with van der Waals surface area (Å²) < 4.78 is 19.8. The number of nitrogens with zero attached hydrogens (tertiary/aromatic N) is 3. The number of nitrogens with one attached hydrogen (secondary N) is 2. The highest BCUT2D eigenvalue weighted by Gasteiger charge is 2.31. The lowest BCUT2D eigenvalue weighted by Gasteiger charge is -2.27. The Bertz CT molecular complexity index is 1070. The number of carbonyl (C=O) groups excluding carboxylic acids is 1. The summed E-state index contributed by atoms with van der Waals surface area (Å²) in [6.07, 6.45) is 3.23. The van der Waals surface area contributed by atoms with Gasteiger partial charge in [0.25, 0.3) is 5.91 Å². The van der Waals surface area contributed by atoms with Crippen LogP contribution in [-0.4, -0.2) is 43.3 Å². The molecule has 0 spiro atoms. The van der Waals surface area contributed by atoms with Crippen LogP contribution in [0.2, 0.25) is 0 Å². The zero-order valence-corrected chi connectivity index (χ0v) is 15.6. The average molecular weight is 391 g/mol. The lowest BCUT2D eigenvalue weighted by atomic mass is 9.98. The maximum atomic E-state index is 14.7. The molecule has 2 aliphatic rings. The second kappa shape index (κ2) is 7.64. The molecule has 2 heterocycles. The Morgan fingerprint density at radius 2 is 2.14 bits per heavy atom. The first kappa shape index (κ1) is 18.5. The Morgan fingerprint density at radius 1 is 1.34 bits per heavy atom. The number of hydrogen-bond acceptors (Lipinski definition) is 6. The molecular weight excluding hydrogens is 373 g/mol. The Morgan fingerprint density at radius 3 is 2.93 bits per heavy atom. The van der Waals surface area contributed by atoms with Crippen LogP contribution in [0.3, 0.4) is 0 Å². The van der Waals surface area contributed by atoms with Gasteiger partial charge < -0.3 is 20.3 Å². The molecular formula is C21H18FN5O2. The molecule has 0 aliphatic carbocycles. The lowest BCUT2D eigenvalue weighted by Crippen LogP contribution is -2.45. The normalized spacial score (nSPS) is 17.1. The van der Waals surface area contributed by atoms with Crippen LogP contribution in [-0.2, 0) is 4.79 Å². The summed E-state index contributed by atoms with van der Waals surface area (Å²) in [5.74, 6) is -0.00409. The van der Waals surface area contributed by atoms with Crippen molar-refractivity contribution in [1.29, 1.82) is 5.26 Å². The zero-order valence-electron chi connectivity index (χ0n) is 15.6. The third-order valence-electron chi connectivity index (χ3n) is 4.90. The summed E-state index contributed by atoms with van der Waals surface area (Å²) in [6.45, 7) is 1.41. The molecule has 146 valence electrons. The lowest BCUT2D eigenvalue weighted by molar-refractivity contribution is -0.118. The molecule has 1 atom stereocenters. The van der Waals surface area contributed by atoms with Crippen molar-refractivity contribution in [3.05, 3.63) is 59.8 Å². The van der Waals surface area contributed by atoms with Crippen LogP contribution in [0.15, 0.2) is 53.4 Å². The Hall–Kier alpha value is -3.86. The second-order valence-electron chi connectivity index (χ2n) is 6.53. The summed E-state index contributed by atoms with van der Waals surface area (Å²) in [6, 6.07) is 11.2. The summed E-state index contributed by atoms with van der Waals surface area (Å²) in [5.41, 5.74) is 1.09. The standard InChI is InChI=1S/C21H18FN5O2/c1-29-18-7-3-5-14(20(18)22)13-4-2-6-16(15(13)10-23)26-21(28)17-11-24-12-19-25-8-9-27(17)19/h2-7,11-12,17,25H,8-9H2,1H3,(H,26,28). The van der Waals surface area contributed by atoms with Crippen LogP contribution in [0.5, 0.6) is 5.75 Å². The first-order valence-electron chi connectivity index (χ1n) is 9.05. The minimum Gasteiger partial charge on any atom is -0.494 e. The topological polar surface area (TPSA) is 89.8 Å². The van der Waals surface area contributed by atoms with Gasteiger partial charge in [-0.1, -0.05) is 24.3 Å². The monoisotopic (exact) mass is 391 g/mol. The van der Waals surface area contributed by atoms with Crippen molar-refractivity contribution in [3.63, 3.8) is 0 Å². The fourth-order valence-electron chi connectivity index (χ4n) is 3.50. The molecule has 4 rings (SSSR count). The van der Waals surface area contributed by atoms with Crippen molar-refractivity contribution in [2.45, 2.75) is 6.04 Å². The molecule has 1 unspecified atom stereocenters. The van der Waals surface area contributed by atoms with E-state index in [2.05, 4.69) is 21.7 Å². The Kier molecular flexibility index (Phi) is 4.87. The van der Waals surface area contributed by atoms with E-state index >= 15 is 0 Å². The molecule has 8 heteroatoms. The molecule has 2 N–H and O–H groups in total. The van der Waals surface area contributed by atoms with Crippen LogP contribution in [0.25, 0.3) is 11.1 Å². The van der Waals surface area contributed by atoms with Crippen molar-refractivity contribution in [2.24, 2.45) is 4.99 Å². The molecule has 7 nitrogen and oxygen atoms in total. The van der Waals surface area contributed by atoms with Crippen LogP contribution < -0.4 is 15.4 Å². The molecule has 0 radical (unpaired) electrons. The van der Waals surface area contributed by atoms with Crippen LogP contribution >= 0.6 is 0 Å². The van der Waals surface area contributed by atoms with E-state index in [9.17, 15) is 14.4 Å². The fraction of sp³-hybridized carbons (Fsp3) is 0.190. The number of aliphatic imine (C=N–C) groups is 1. The number of carbonyl (C=O) groups is 1. The Balaban J connectivity index is 1.67. The van der Waals surface area contributed by atoms with Crippen LogP contribution in [0, 0.1) is 17.1 Å². The van der Waals surface area contributed by atoms with E-state index < -0.39 is 11.9 Å². The maximum Gasteiger partial charge on any atom is 0.252 e. The number of halogens is 1. The third kappa shape index (κ3) is 3.27. The van der Waals surface area contributed by atoms with Crippen LogP contribution in [0.1, 0.15) is 5.56 Å². The number of ether oxygens (including phenoxy) is 1. The van der Waals surface area contributed by atoms with E-state index in [1.807, 2.05) is 4.90 Å². The Labute approximate surface area is 167 Å². The van der Waals surface area contributed by atoms with E-state index in [-0.39, 0.29) is 22.8 Å². The third-order valence-corrected chi connectivity index (χ3v) is 4.90. The van der Waals surface area contributed by atoms with Gasteiger partial charge in [-0.3, -0.25) is 9.79 Å². The van der Waals surface area contributed by atoms with E-state index in [0.717, 1.165) is 12.4 Å². The van der Waals surface area contributed by atoms with Gasteiger partial charge in [0.2, 0.25) is 0 Å². The molecule has 0 aromatic heterocycles. The smallest absolute Gasteiger partial charge is 0.252 e. The summed E-state index contributed by atoms with van der Waals surface area (Å²) in [4.78, 5) is 18.9. The van der Waals surface area contributed by atoms with E-state index in [1.165, 1.54) is 13.2 Å². The number of rotatable bonds is 4. The minimum absolute atomic E-state index is 0.0834. The van der Waals surface area contributed by atoms with E-state index in [0.29, 0.717) is 17.8 Å². The van der Waals surface area contributed by atoms with Gasteiger partial charge in [-0.15, -0.1) is 0 Å². The average Bonchev–Trinajstić information content (AvgIpc) is 3.22. The van der Waals surface area contributed by atoms with E-state index in [4.69, 9.17) is 4.74 Å². The molecule has 2 aliphatic heterocycles. The molecule has 0 saturated carbocycles. The quantitative estimate of drug-likeness (QED) is 0.836. The van der Waals surface area contributed by atoms with E-state index in [1.54, 1.807) is 42.7 Å². The van der Waals surface area contributed by atoms with Crippen molar-refractivity contribution in [2.75, 3.05) is 25.5 Å². The molecule has 2 aromatic rings. The van der Waals surface area contributed by atoms with Crippen molar-refractivity contribution >= 4 is 17.8 Å². The summed E-state index contributed by atoms with van der Waals surface area (Å²) in [5, 5.41) is 15.7. The number of methoxy groups -OCH3 is 1. The predicted octanol–water partition coefficient (Wildman–Crippen LogP) is 2.47. The highest BCUT2D eigenvalue weighted by atomic mass is 19.1. The number of fused-ring (bicyclic) bond motifs is 1. The summed E-state index contributed by atoms with van der Waals surface area (Å²) >= 11 is 0. The molecule has 1 saturated heterocycles. The highest BCUT2D eigenvalue weighted by Crippen LogP contribution is 2.34. The first-order chi connectivity index (χ1) is 14.1. The molecule has 1 amide bonds. The fourth-order valence-corrected chi connectivity index (χ4v) is 3.50. The number of hydrogen-bond donors (Lipinski definition) is 2. The number of amides is 1. The molecule has 29 heavy (non-hydrogen) atoms. The molecule has 1 fully saturated rings. The zero-order chi connectivity index (χ0) is 20.4. The number of benzene rings is 2. The van der Waals surface area contributed by atoms with Crippen molar-refractivity contribution in [1.82, 2.24) is 10.2 Å². The molecule has 0 bridgehead atoms. The first-order valence-corrected chi connectivity index (χ1v) is 9.05. The van der Waals surface area contributed by atoms with Crippen LogP contribution in [0.4, 0.5) is 10.1 Å². The van der Waals surface area contributed by atoms with Crippen molar-refractivity contribution < 1.29 is 13.9 Å². The van der Waals surface area contributed by atoms with Gasteiger partial charge in [0.1, 0.15) is 17.9 Å². The van der Waals surface area contributed by atoms with Gasteiger partial charge in [-0.25, -0.2) is 4.39 Å². The number of anilines is 1. The maximum absolute atomic E-state index is 14.7. The van der Waals surface area contributed by atoms with Gasteiger partial charge in [-0.2, -0.15) is 5.26 Å². The molecule has 2 aromatic carbocycles.